The van der Waals surface area contributed by atoms with Gasteiger partial charge in [-0.3, -0.25) is 10.1 Å². The molecule has 0 saturated heterocycles. The minimum absolute atomic E-state index is 0.0733. The number of nitrogens with zero attached hydrogens (tertiary/aromatic N) is 1. The van der Waals surface area contributed by atoms with Crippen LogP contribution < -0.4 is 5.32 Å². The number of thiophene rings is 1. The van der Waals surface area contributed by atoms with Gasteiger partial charge in [-0.15, -0.1) is 22.7 Å². The maximum absolute atomic E-state index is 12.6. The Labute approximate surface area is 154 Å². The zero-order valence-electron chi connectivity index (χ0n) is 13.9. The van der Waals surface area contributed by atoms with Gasteiger partial charge in [0.1, 0.15) is 0 Å². The number of aromatic nitrogens is 1. The van der Waals surface area contributed by atoms with Crippen LogP contribution in [-0.4, -0.2) is 17.5 Å². The lowest BCUT2D eigenvalue weighted by Crippen LogP contribution is -2.16. The fourth-order valence-electron chi connectivity index (χ4n) is 2.98. The number of rotatable bonds is 4. The third-order valence-corrected chi connectivity index (χ3v) is 6.10. The molecule has 0 atom stereocenters. The van der Waals surface area contributed by atoms with Crippen molar-refractivity contribution >= 4 is 33.7 Å². The molecular formula is C19H18N2O2S2. The third-order valence-electron chi connectivity index (χ3n) is 4.19. The Morgan fingerprint density at radius 2 is 2.32 bits per heavy atom. The first-order chi connectivity index (χ1) is 12.2. The van der Waals surface area contributed by atoms with Gasteiger partial charge in [-0.25, -0.2) is 4.98 Å². The van der Waals surface area contributed by atoms with Crippen LogP contribution in [0, 0.1) is 6.92 Å². The van der Waals surface area contributed by atoms with Crippen molar-refractivity contribution in [2.45, 2.75) is 26.4 Å². The second kappa shape index (κ2) is 7.07. The van der Waals surface area contributed by atoms with E-state index < -0.39 is 0 Å². The van der Waals surface area contributed by atoms with Crippen molar-refractivity contribution in [3.8, 4) is 0 Å². The van der Waals surface area contributed by atoms with Crippen molar-refractivity contribution < 1.29 is 9.53 Å². The molecule has 25 heavy (non-hydrogen) atoms. The average Bonchev–Trinajstić information content (AvgIpc) is 3.21. The molecule has 128 valence electrons. The Morgan fingerprint density at radius 3 is 3.20 bits per heavy atom. The highest BCUT2D eigenvalue weighted by Crippen LogP contribution is 2.29. The van der Waals surface area contributed by atoms with Gasteiger partial charge < -0.3 is 4.74 Å². The first-order valence-electron chi connectivity index (χ1n) is 8.17. The number of thiazole rings is 1. The van der Waals surface area contributed by atoms with Crippen molar-refractivity contribution in [3.63, 3.8) is 0 Å². The van der Waals surface area contributed by atoms with Crippen LogP contribution in [0.3, 0.4) is 0 Å². The molecule has 1 amide bonds. The number of anilines is 1. The molecule has 0 radical (unpaired) electrons. The van der Waals surface area contributed by atoms with Crippen LogP contribution >= 0.6 is 22.7 Å². The van der Waals surface area contributed by atoms with Crippen LogP contribution in [0.25, 0.3) is 0 Å². The van der Waals surface area contributed by atoms with Gasteiger partial charge in [0.25, 0.3) is 5.91 Å². The van der Waals surface area contributed by atoms with Gasteiger partial charge in [-0.2, -0.15) is 0 Å². The Kier molecular flexibility index (Phi) is 4.65. The second-order valence-electron chi connectivity index (χ2n) is 6.11. The van der Waals surface area contributed by atoms with Gasteiger partial charge in [-0.1, -0.05) is 29.8 Å². The van der Waals surface area contributed by atoms with E-state index in [9.17, 15) is 4.79 Å². The summed E-state index contributed by atoms with van der Waals surface area (Å²) in [5.41, 5.74) is 4.40. The molecule has 0 spiro atoms. The SMILES string of the molecule is Cc1cccc(Cc2cnc(NC(=O)c3csc4c3CCOC4)s2)c1. The van der Waals surface area contributed by atoms with E-state index >= 15 is 0 Å². The fraction of sp³-hybridized carbons (Fsp3) is 0.263. The monoisotopic (exact) mass is 370 g/mol. The van der Waals surface area contributed by atoms with Crippen LogP contribution in [0.2, 0.25) is 0 Å². The normalized spacial score (nSPS) is 13.5. The second-order valence-corrected chi connectivity index (χ2v) is 8.18. The summed E-state index contributed by atoms with van der Waals surface area (Å²) in [4.78, 5) is 19.2. The number of nitrogens with one attached hydrogen (secondary N) is 1. The summed E-state index contributed by atoms with van der Waals surface area (Å²) in [7, 11) is 0. The zero-order valence-corrected chi connectivity index (χ0v) is 15.5. The van der Waals surface area contributed by atoms with Crippen LogP contribution in [0.5, 0.6) is 0 Å². The van der Waals surface area contributed by atoms with Crippen LogP contribution in [0.15, 0.2) is 35.8 Å². The molecule has 1 aromatic carbocycles. The molecule has 1 N–H and O–H groups in total. The third kappa shape index (κ3) is 3.66. The van der Waals surface area contributed by atoms with Crippen molar-refractivity contribution in [2.24, 2.45) is 0 Å². The molecule has 0 fully saturated rings. The predicted octanol–water partition coefficient (Wildman–Crippen LogP) is 4.43. The molecule has 1 aliphatic heterocycles. The van der Waals surface area contributed by atoms with E-state index in [-0.39, 0.29) is 5.91 Å². The molecule has 2 aromatic heterocycles. The van der Waals surface area contributed by atoms with E-state index in [2.05, 4.69) is 41.5 Å². The molecule has 6 heteroatoms. The molecule has 1 aliphatic rings. The summed E-state index contributed by atoms with van der Waals surface area (Å²) in [6, 6.07) is 8.45. The quantitative estimate of drug-likeness (QED) is 0.739. The molecule has 4 nitrogen and oxygen atoms in total. The standard InChI is InChI=1S/C19H18N2O2S2/c1-12-3-2-4-13(7-12)8-14-9-20-19(25-14)21-18(22)16-11-24-17-10-23-6-5-15(16)17/h2-4,7,9,11H,5-6,8,10H2,1H3,(H,20,21,22). The zero-order chi connectivity index (χ0) is 17.2. The Balaban J connectivity index is 1.46. The number of amides is 1. The summed E-state index contributed by atoms with van der Waals surface area (Å²) in [5.74, 6) is -0.0733. The van der Waals surface area contributed by atoms with Crippen molar-refractivity contribution in [1.82, 2.24) is 4.98 Å². The van der Waals surface area contributed by atoms with Crippen molar-refractivity contribution in [1.29, 1.82) is 0 Å². The van der Waals surface area contributed by atoms with E-state index in [0.717, 1.165) is 33.7 Å². The number of hydrogen-bond donors (Lipinski definition) is 1. The van der Waals surface area contributed by atoms with E-state index in [0.29, 0.717) is 18.3 Å². The van der Waals surface area contributed by atoms with Gasteiger partial charge in [0.2, 0.25) is 0 Å². The fourth-order valence-corrected chi connectivity index (χ4v) is 4.84. The number of carbonyl (C=O) groups excluding carboxylic acids is 1. The van der Waals surface area contributed by atoms with E-state index in [4.69, 9.17) is 4.74 Å². The van der Waals surface area contributed by atoms with E-state index in [1.165, 1.54) is 22.5 Å². The number of fused-ring (bicyclic) bond motifs is 1. The topological polar surface area (TPSA) is 51.2 Å². The minimum atomic E-state index is -0.0733. The molecular weight excluding hydrogens is 352 g/mol. The van der Waals surface area contributed by atoms with E-state index in [1.54, 1.807) is 11.3 Å². The number of ether oxygens (including phenoxy) is 1. The van der Waals surface area contributed by atoms with Gasteiger partial charge in [-0.05, 0) is 24.5 Å². The summed E-state index contributed by atoms with van der Waals surface area (Å²) in [6.07, 6.45) is 3.48. The van der Waals surface area contributed by atoms with Crippen LogP contribution in [0.4, 0.5) is 5.13 Å². The Morgan fingerprint density at radius 1 is 1.40 bits per heavy atom. The maximum atomic E-state index is 12.6. The first kappa shape index (κ1) is 16.4. The van der Waals surface area contributed by atoms with Gasteiger partial charge >= 0.3 is 0 Å². The van der Waals surface area contributed by atoms with E-state index in [1.807, 2.05) is 11.6 Å². The molecule has 0 unspecified atom stereocenters. The van der Waals surface area contributed by atoms with Gasteiger partial charge in [0.05, 0.1) is 18.8 Å². The minimum Gasteiger partial charge on any atom is -0.376 e. The summed E-state index contributed by atoms with van der Waals surface area (Å²) >= 11 is 3.13. The van der Waals surface area contributed by atoms with Crippen LogP contribution in [-0.2, 0) is 24.2 Å². The van der Waals surface area contributed by atoms with Crippen LogP contribution in [0.1, 0.15) is 36.8 Å². The van der Waals surface area contributed by atoms with Gasteiger partial charge in [0.15, 0.2) is 5.13 Å². The lowest BCUT2D eigenvalue weighted by atomic mass is 10.1. The lowest BCUT2D eigenvalue weighted by Gasteiger charge is -2.13. The molecule has 0 bridgehead atoms. The molecule has 3 heterocycles. The molecule has 3 aromatic rings. The number of hydrogen-bond acceptors (Lipinski definition) is 5. The predicted molar refractivity (Wildman–Crippen MR) is 102 cm³/mol. The highest BCUT2D eigenvalue weighted by molar-refractivity contribution is 7.15. The molecule has 0 saturated carbocycles. The van der Waals surface area contributed by atoms with Crippen molar-refractivity contribution in [3.05, 3.63) is 67.9 Å². The number of carbonyl (C=O) groups is 1. The average molecular weight is 370 g/mol. The largest absolute Gasteiger partial charge is 0.376 e. The first-order valence-corrected chi connectivity index (χ1v) is 9.87. The smallest absolute Gasteiger partial charge is 0.258 e. The summed E-state index contributed by atoms with van der Waals surface area (Å²) in [5, 5.41) is 5.53. The Hall–Kier alpha value is -2.02. The Bertz CT molecular complexity index is 914. The number of benzene rings is 1. The number of aryl methyl sites for hydroxylation is 1. The highest BCUT2D eigenvalue weighted by atomic mass is 32.1. The maximum Gasteiger partial charge on any atom is 0.258 e. The summed E-state index contributed by atoms with van der Waals surface area (Å²) < 4.78 is 5.44. The lowest BCUT2D eigenvalue weighted by molar-refractivity contribution is 0.101. The molecule has 0 aliphatic carbocycles. The molecule has 4 rings (SSSR count). The summed E-state index contributed by atoms with van der Waals surface area (Å²) in [6.45, 7) is 3.39. The van der Waals surface area contributed by atoms with Gasteiger partial charge in [0, 0.05) is 27.8 Å². The van der Waals surface area contributed by atoms with Crippen molar-refractivity contribution in [2.75, 3.05) is 11.9 Å². The highest BCUT2D eigenvalue weighted by Gasteiger charge is 2.21.